The van der Waals surface area contributed by atoms with Gasteiger partial charge in [-0.15, -0.1) is 0 Å². The van der Waals surface area contributed by atoms with E-state index in [1.807, 2.05) is 60.8 Å². The van der Waals surface area contributed by atoms with Gasteiger partial charge in [0.05, 0.1) is 11.0 Å². The van der Waals surface area contributed by atoms with Crippen molar-refractivity contribution in [3.63, 3.8) is 0 Å². The average molecular weight is 385 g/mol. The zero-order chi connectivity index (χ0) is 20.4. The molecule has 144 valence electrons. The standard InChI is InChI=1S/C23H19N3O3/c1-25(23(27)17-10-7-11-18(14-17)26(28)29)22(16-8-3-2-4-9-16)20-15-24-21-13-6-5-12-19(20)21/h2-15,22,24H,1H3/t22-/m1/s1. The number of nitrogens with zero attached hydrogens (tertiary/aromatic N) is 2. The second kappa shape index (κ2) is 7.59. The molecule has 0 aliphatic rings. The summed E-state index contributed by atoms with van der Waals surface area (Å²) < 4.78 is 0. The Labute approximate surface area is 167 Å². The zero-order valence-corrected chi connectivity index (χ0v) is 15.8. The van der Waals surface area contributed by atoms with Crippen LogP contribution in [0.15, 0.2) is 85.1 Å². The van der Waals surface area contributed by atoms with Crippen molar-refractivity contribution in [3.8, 4) is 0 Å². The largest absolute Gasteiger partial charge is 0.361 e. The van der Waals surface area contributed by atoms with E-state index in [1.54, 1.807) is 18.0 Å². The molecule has 6 nitrogen and oxygen atoms in total. The third-order valence-electron chi connectivity index (χ3n) is 5.04. The normalized spacial score (nSPS) is 11.9. The molecule has 0 spiro atoms. The number of aromatic nitrogens is 1. The van der Waals surface area contributed by atoms with Crippen LogP contribution in [0.4, 0.5) is 5.69 Å². The Morgan fingerprint density at radius 1 is 1.00 bits per heavy atom. The molecule has 1 heterocycles. The van der Waals surface area contributed by atoms with Crippen LogP contribution in [0.1, 0.15) is 27.5 Å². The van der Waals surface area contributed by atoms with Gasteiger partial charge in [0.25, 0.3) is 11.6 Å². The smallest absolute Gasteiger partial charge is 0.270 e. The highest BCUT2D eigenvalue weighted by molar-refractivity contribution is 5.96. The van der Waals surface area contributed by atoms with Gasteiger partial charge in [0.15, 0.2) is 0 Å². The number of rotatable bonds is 5. The van der Waals surface area contributed by atoms with Crippen molar-refractivity contribution in [2.45, 2.75) is 6.04 Å². The monoisotopic (exact) mass is 385 g/mol. The lowest BCUT2D eigenvalue weighted by atomic mass is 9.96. The van der Waals surface area contributed by atoms with Crippen LogP contribution in [0.25, 0.3) is 10.9 Å². The molecule has 1 amide bonds. The summed E-state index contributed by atoms with van der Waals surface area (Å²) in [6.07, 6.45) is 1.92. The molecule has 0 radical (unpaired) electrons. The second-order valence-corrected chi connectivity index (χ2v) is 6.83. The van der Waals surface area contributed by atoms with E-state index >= 15 is 0 Å². The third-order valence-corrected chi connectivity index (χ3v) is 5.04. The maximum Gasteiger partial charge on any atom is 0.270 e. The number of non-ortho nitro benzene ring substituents is 1. The Morgan fingerprint density at radius 2 is 1.72 bits per heavy atom. The first-order valence-electron chi connectivity index (χ1n) is 9.19. The molecule has 0 saturated heterocycles. The third kappa shape index (κ3) is 3.48. The zero-order valence-electron chi connectivity index (χ0n) is 15.8. The molecule has 29 heavy (non-hydrogen) atoms. The molecule has 6 heteroatoms. The van der Waals surface area contributed by atoms with Crippen molar-refractivity contribution in [2.24, 2.45) is 0 Å². The van der Waals surface area contributed by atoms with Crippen LogP contribution in [0.2, 0.25) is 0 Å². The second-order valence-electron chi connectivity index (χ2n) is 6.83. The van der Waals surface area contributed by atoms with Crippen LogP contribution in [0.5, 0.6) is 0 Å². The predicted octanol–water partition coefficient (Wildman–Crippen LogP) is 4.94. The Morgan fingerprint density at radius 3 is 2.48 bits per heavy atom. The van der Waals surface area contributed by atoms with Crippen molar-refractivity contribution >= 4 is 22.5 Å². The minimum Gasteiger partial charge on any atom is -0.361 e. The molecular formula is C23H19N3O3. The van der Waals surface area contributed by atoms with E-state index in [2.05, 4.69) is 4.98 Å². The van der Waals surface area contributed by atoms with Gasteiger partial charge in [-0.05, 0) is 17.7 Å². The number of para-hydroxylation sites is 1. The summed E-state index contributed by atoms with van der Waals surface area (Å²) in [6, 6.07) is 23.2. The summed E-state index contributed by atoms with van der Waals surface area (Å²) in [7, 11) is 1.72. The van der Waals surface area contributed by atoms with Crippen molar-refractivity contribution < 1.29 is 9.72 Å². The number of hydrogen-bond acceptors (Lipinski definition) is 3. The number of nitro groups is 1. The molecule has 0 saturated carbocycles. The fourth-order valence-electron chi connectivity index (χ4n) is 3.64. The van der Waals surface area contributed by atoms with Crippen LogP contribution in [-0.4, -0.2) is 27.8 Å². The van der Waals surface area contributed by atoms with Crippen LogP contribution in [-0.2, 0) is 0 Å². The number of carbonyl (C=O) groups is 1. The summed E-state index contributed by atoms with van der Waals surface area (Å²) in [4.78, 5) is 28.8. The SMILES string of the molecule is CN(C(=O)c1cccc([N+](=O)[O-])c1)[C@H](c1ccccc1)c1c[nH]c2ccccc12. The first-order valence-corrected chi connectivity index (χ1v) is 9.19. The lowest BCUT2D eigenvalue weighted by Gasteiger charge is -2.29. The summed E-state index contributed by atoms with van der Waals surface area (Å²) in [5, 5.41) is 12.1. The fraction of sp³-hybridized carbons (Fsp3) is 0.0870. The van der Waals surface area contributed by atoms with Crippen LogP contribution >= 0.6 is 0 Å². The summed E-state index contributed by atoms with van der Waals surface area (Å²) >= 11 is 0. The highest BCUT2D eigenvalue weighted by atomic mass is 16.6. The number of H-pyrrole nitrogens is 1. The molecule has 0 fully saturated rings. The Hall–Kier alpha value is -3.93. The van der Waals surface area contributed by atoms with Gasteiger partial charge in [0.2, 0.25) is 0 Å². The molecular weight excluding hydrogens is 366 g/mol. The molecule has 0 bridgehead atoms. The molecule has 3 aromatic carbocycles. The van der Waals surface area contributed by atoms with Gasteiger partial charge in [0, 0.05) is 47.4 Å². The van der Waals surface area contributed by atoms with Crippen molar-refractivity contribution in [2.75, 3.05) is 7.05 Å². The van der Waals surface area contributed by atoms with Crippen LogP contribution in [0, 0.1) is 10.1 Å². The topological polar surface area (TPSA) is 79.2 Å². The minimum atomic E-state index is -0.495. The van der Waals surface area contributed by atoms with Gasteiger partial charge in [-0.2, -0.15) is 0 Å². The van der Waals surface area contributed by atoms with Gasteiger partial charge >= 0.3 is 0 Å². The first kappa shape index (κ1) is 18.4. The molecule has 1 aromatic heterocycles. The number of fused-ring (bicyclic) bond motifs is 1. The van der Waals surface area contributed by atoms with E-state index in [-0.39, 0.29) is 23.2 Å². The van der Waals surface area contributed by atoms with Gasteiger partial charge in [-0.25, -0.2) is 0 Å². The number of hydrogen-bond donors (Lipinski definition) is 1. The molecule has 0 aliphatic carbocycles. The maximum atomic E-state index is 13.3. The number of nitrogens with one attached hydrogen (secondary N) is 1. The average Bonchev–Trinajstić information content (AvgIpc) is 3.18. The van der Waals surface area contributed by atoms with Crippen LogP contribution < -0.4 is 0 Å². The van der Waals surface area contributed by atoms with Gasteiger partial charge < -0.3 is 9.88 Å². The lowest BCUT2D eigenvalue weighted by Crippen LogP contribution is -2.32. The number of benzene rings is 3. The Balaban J connectivity index is 1.80. The Kier molecular flexibility index (Phi) is 4.83. The van der Waals surface area contributed by atoms with Gasteiger partial charge in [-0.1, -0.05) is 54.6 Å². The van der Waals surface area contributed by atoms with E-state index < -0.39 is 4.92 Å². The number of aromatic amines is 1. The molecule has 1 N–H and O–H groups in total. The van der Waals surface area contributed by atoms with Crippen molar-refractivity contribution in [1.29, 1.82) is 0 Å². The quantitative estimate of drug-likeness (QED) is 0.390. The number of amides is 1. The molecule has 0 aliphatic heterocycles. The Bertz CT molecular complexity index is 1180. The highest BCUT2D eigenvalue weighted by Gasteiger charge is 2.27. The van der Waals surface area contributed by atoms with Crippen LogP contribution in [0.3, 0.4) is 0 Å². The number of carbonyl (C=O) groups excluding carboxylic acids is 1. The van der Waals surface area contributed by atoms with Crippen molar-refractivity contribution in [1.82, 2.24) is 9.88 Å². The van der Waals surface area contributed by atoms with Gasteiger partial charge in [-0.3, -0.25) is 14.9 Å². The molecule has 0 unspecified atom stereocenters. The first-order chi connectivity index (χ1) is 14.1. The summed E-state index contributed by atoms with van der Waals surface area (Å²) in [5.41, 5.74) is 3.08. The fourth-order valence-corrected chi connectivity index (χ4v) is 3.64. The van der Waals surface area contributed by atoms with E-state index in [0.29, 0.717) is 0 Å². The number of nitro benzene ring substituents is 1. The van der Waals surface area contributed by atoms with Crippen molar-refractivity contribution in [3.05, 3.63) is 112 Å². The van der Waals surface area contributed by atoms with E-state index in [4.69, 9.17) is 0 Å². The van der Waals surface area contributed by atoms with Gasteiger partial charge in [0.1, 0.15) is 0 Å². The molecule has 1 atom stereocenters. The summed E-state index contributed by atoms with van der Waals surface area (Å²) in [5.74, 6) is -0.284. The summed E-state index contributed by atoms with van der Waals surface area (Å²) in [6.45, 7) is 0. The minimum absolute atomic E-state index is 0.104. The molecule has 4 rings (SSSR count). The highest BCUT2D eigenvalue weighted by Crippen LogP contribution is 2.34. The van der Waals surface area contributed by atoms with E-state index in [0.717, 1.165) is 22.0 Å². The maximum absolute atomic E-state index is 13.3. The molecule has 4 aromatic rings. The predicted molar refractivity (Wildman–Crippen MR) is 112 cm³/mol. The van der Waals surface area contributed by atoms with E-state index in [1.165, 1.54) is 18.2 Å². The lowest BCUT2D eigenvalue weighted by molar-refractivity contribution is -0.384. The van der Waals surface area contributed by atoms with E-state index in [9.17, 15) is 14.9 Å².